The Morgan fingerprint density at radius 3 is 2.82 bits per heavy atom. The van der Waals surface area contributed by atoms with E-state index in [1.54, 1.807) is 0 Å². The molecule has 1 saturated heterocycles. The average Bonchev–Trinajstić information content (AvgIpc) is 2.77. The van der Waals surface area contributed by atoms with Crippen LogP contribution in [0.4, 0.5) is 0 Å². The highest BCUT2D eigenvalue weighted by Gasteiger charge is 2.23. The van der Waals surface area contributed by atoms with E-state index in [2.05, 4.69) is 46.4 Å². The van der Waals surface area contributed by atoms with Gasteiger partial charge in [0.15, 0.2) is 0 Å². The molecule has 1 aliphatic rings. The number of rotatable bonds is 3. The Bertz CT molecular complexity index is 406. The molecule has 1 fully saturated rings. The topological polar surface area (TPSA) is 35.0 Å². The quantitative estimate of drug-likeness (QED) is 0.607. The molecular weight excluding hydrogens is 351 g/mol. The lowest BCUT2D eigenvalue weighted by Crippen LogP contribution is -2.10. The van der Waals surface area contributed by atoms with Crippen LogP contribution in [0.5, 0.6) is 0 Å². The SMILES string of the molecule is CC(C)Cc1nc(C2CCOC2)nc(Cl)c1I. The van der Waals surface area contributed by atoms with E-state index in [1.165, 1.54) is 0 Å². The first-order valence-corrected chi connectivity index (χ1v) is 7.33. The Morgan fingerprint density at radius 1 is 1.47 bits per heavy atom. The Hall–Kier alpha value is 0.0600. The van der Waals surface area contributed by atoms with Crippen molar-refractivity contribution in [3.05, 3.63) is 20.2 Å². The summed E-state index contributed by atoms with van der Waals surface area (Å²) in [5.41, 5.74) is 1.07. The summed E-state index contributed by atoms with van der Waals surface area (Å²) in [6.45, 7) is 5.89. The molecule has 1 aromatic rings. The number of aromatic nitrogens is 2. The van der Waals surface area contributed by atoms with Crippen molar-refractivity contribution >= 4 is 34.2 Å². The molecule has 0 amide bonds. The molecule has 0 N–H and O–H groups in total. The zero-order valence-corrected chi connectivity index (χ0v) is 13.0. The van der Waals surface area contributed by atoms with Crippen LogP contribution in [0.3, 0.4) is 0 Å². The monoisotopic (exact) mass is 366 g/mol. The van der Waals surface area contributed by atoms with Crippen molar-refractivity contribution in [1.29, 1.82) is 0 Å². The van der Waals surface area contributed by atoms with Crippen LogP contribution >= 0.6 is 34.2 Å². The normalized spacial score (nSPS) is 20.2. The van der Waals surface area contributed by atoms with Crippen molar-refractivity contribution < 1.29 is 4.74 Å². The second-order valence-corrected chi connectivity index (χ2v) is 6.23. The molecule has 17 heavy (non-hydrogen) atoms. The van der Waals surface area contributed by atoms with Gasteiger partial charge in [0.2, 0.25) is 0 Å². The van der Waals surface area contributed by atoms with E-state index in [0.29, 0.717) is 17.0 Å². The lowest BCUT2D eigenvalue weighted by atomic mass is 10.1. The van der Waals surface area contributed by atoms with Crippen LogP contribution in [0.15, 0.2) is 0 Å². The Balaban J connectivity index is 2.31. The molecule has 0 saturated carbocycles. The van der Waals surface area contributed by atoms with E-state index in [-0.39, 0.29) is 0 Å². The average molecular weight is 367 g/mol. The van der Waals surface area contributed by atoms with Crippen molar-refractivity contribution in [3.63, 3.8) is 0 Å². The van der Waals surface area contributed by atoms with E-state index in [9.17, 15) is 0 Å². The summed E-state index contributed by atoms with van der Waals surface area (Å²) in [5, 5.41) is 0.582. The summed E-state index contributed by atoms with van der Waals surface area (Å²) < 4.78 is 6.36. The molecule has 0 aliphatic carbocycles. The second kappa shape index (κ2) is 5.80. The largest absolute Gasteiger partial charge is 0.381 e. The van der Waals surface area contributed by atoms with Gasteiger partial charge in [-0.2, -0.15) is 0 Å². The molecule has 94 valence electrons. The van der Waals surface area contributed by atoms with Gasteiger partial charge in [0.05, 0.1) is 15.9 Å². The third kappa shape index (κ3) is 3.29. The summed E-state index contributed by atoms with van der Waals surface area (Å²) in [6.07, 6.45) is 1.94. The fraction of sp³-hybridized carbons (Fsp3) is 0.667. The first-order chi connectivity index (χ1) is 8.08. The second-order valence-electron chi connectivity index (χ2n) is 4.79. The molecule has 0 spiro atoms. The zero-order chi connectivity index (χ0) is 12.4. The number of hydrogen-bond donors (Lipinski definition) is 0. The number of nitrogens with zero attached hydrogens (tertiary/aromatic N) is 2. The van der Waals surface area contributed by atoms with E-state index in [4.69, 9.17) is 16.3 Å². The van der Waals surface area contributed by atoms with Crippen LogP contribution in [0.2, 0.25) is 5.15 Å². The molecule has 0 aromatic carbocycles. The predicted molar refractivity (Wildman–Crippen MR) is 76.5 cm³/mol. The molecule has 5 heteroatoms. The summed E-state index contributed by atoms with van der Waals surface area (Å²) >= 11 is 8.41. The first-order valence-electron chi connectivity index (χ1n) is 5.87. The number of hydrogen-bond acceptors (Lipinski definition) is 3. The zero-order valence-electron chi connectivity index (χ0n) is 10.0. The summed E-state index contributed by atoms with van der Waals surface area (Å²) in [5.74, 6) is 1.74. The van der Waals surface area contributed by atoms with Gasteiger partial charge in [-0.1, -0.05) is 25.4 Å². The molecule has 2 heterocycles. The fourth-order valence-corrected chi connectivity index (χ4v) is 2.58. The maximum atomic E-state index is 6.18. The van der Waals surface area contributed by atoms with Gasteiger partial charge < -0.3 is 4.74 Å². The van der Waals surface area contributed by atoms with Crippen LogP contribution in [-0.2, 0) is 11.2 Å². The third-order valence-electron chi connectivity index (χ3n) is 2.79. The minimum atomic E-state index is 0.315. The standard InChI is InChI=1S/C12H16ClIN2O/c1-7(2)5-9-10(14)11(13)16-12(15-9)8-3-4-17-6-8/h7-8H,3-6H2,1-2H3. The molecule has 0 bridgehead atoms. The van der Waals surface area contributed by atoms with Crippen LogP contribution in [0.25, 0.3) is 0 Å². The molecular formula is C12H16ClIN2O. The van der Waals surface area contributed by atoms with Gasteiger partial charge in [-0.05, 0) is 41.4 Å². The summed E-state index contributed by atoms with van der Waals surface area (Å²) in [6, 6.07) is 0. The number of ether oxygens (including phenoxy) is 1. The van der Waals surface area contributed by atoms with E-state index >= 15 is 0 Å². The van der Waals surface area contributed by atoms with Gasteiger partial charge in [0.25, 0.3) is 0 Å². The summed E-state index contributed by atoms with van der Waals surface area (Å²) in [4.78, 5) is 9.06. The van der Waals surface area contributed by atoms with Crippen molar-refractivity contribution in [2.75, 3.05) is 13.2 Å². The maximum absolute atomic E-state index is 6.18. The van der Waals surface area contributed by atoms with Crippen LogP contribution in [0.1, 0.15) is 37.7 Å². The predicted octanol–water partition coefficient (Wildman–Crippen LogP) is 3.44. The van der Waals surface area contributed by atoms with Crippen molar-refractivity contribution in [3.8, 4) is 0 Å². The highest BCUT2D eigenvalue weighted by molar-refractivity contribution is 14.1. The fourth-order valence-electron chi connectivity index (χ4n) is 1.92. The Labute approximate surface area is 120 Å². The lowest BCUT2D eigenvalue weighted by molar-refractivity contribution is 0.193. The van der Waals surface area contributed by atoms with Crippen molar-refractivity contribution in [2.24, 2.45) is 5.92 Å². The third-order valence-corrected chi connectivity index (χ3v) is 4.52. The first kappa shape index (κ1) is 13.5. The smallest absolute Gasteiger partial charge is 0.146 e. The van der Waals surface area contributed by atoms with Gasteiger partial charge >= 0.3 is 0 Å². The summed E-state index contributed by atoms with van der Waals surface area (Å²) in [7, 11) is 0. The van der Waals surface area contributed by atoms with E-state index in [0.717, 1.165) is 41.1 Å². The van der Waals surface area contributed by atoms with Gasteiger partial charge in [0.1, 0.15) is 11.0 Å². The number of halogens is 2. The van der Waals surface area contributed by atoms with Gasteiger partial charge in [0, 0.05) is 12.5 Å². The molecule has 1 aromatic heterocycles. The van der Waals surface area contributed by atoms with Crippen LogP contribution in [0, 0.1) is 9.49 Å². The van der Waals surface area contributed by atoms with Crippen molar-refractivity contribution in [2.45, 2.75) is 32.6 Å². The van der Waals surface area contributed by atoms with E-state index in [1.807, 2.05) is 0 Å². The van der Waals surface area contributed by atoms with Crippen LogP contribution < -0.4 is 0 Å². The van der Waals surface area contributed by atoms with Gasteiger partial charge in [-0.3, -0.25) is 0 Å². The minimum absolute atomic E-state index is 0.315. The molecule has 1 aliphatic heterocycles. The molecule has 2 rings (SSSR count). The Kier molecular flexibility index (Phi) is 4.60. The van der Waals surface area contributed by atoms with Gasteiger partial charge in [-0.25, -0.2) is 9.97 Å². The highest BCUT2D eigenvalue weighted by atomic mass is 127. The van der Waals surface area contributed by atoms with Crippen LogP contribution in [-0.4, -0.2) is 23.2 Å². The molecule has 3 nitrogen and oxygen atoms in total. The highest BCUT2D eigenvalue weighted by Crippen LogP contribution is 2.27. The lowest BCUT2D eigenvalue weighted by Gasteiger charge is -2.12. The minimum Gasteiger partial charge on any atom is -0.381 e. The molecule has 1 atom stereocenters. The van der Waals surface area contributed by atoms with E-state index < -0.39 is 0 Å². The van der Waals surface area contributed by atoms with Crippen molar-refractivity contribution in [1.82, 2.24) is 9.97 Å². The molecule has 1 unspecified atom stereocenters. The maximum Gasteiger partial charge on any atom is 0.146 e. The Morgan fingerprint density at radius 2 is 2.24 bits per heavy atom. The van der Waals surface area contributed by atoms with Gasteiger partial charge in [-0.15, -0.1) is 0 Å². The molecule has 0 radical (unpaired) electrons.